The number of carboxylic acids is 1. The predicted octanol–water partition coefficient (Wildman–Crippen LogP) is 2.35. The van der Waals surface area contributed by atoms with Crippen molar-refractivity contribution < 1.29 is 19.4 Å². The molecule has 0 bridgehead atoms. The molecule has 0 amide bonds. The maximum absolute atomic E-state index is 13.6. The van der Waals surface area contributed by atoms with Crippen LogP contribution in [0.1, 0.15) is 17.7 Å². The Balaban J connectivity index is 1.58. The van der Waals surface area contributed by atoms with E-state index in [1.54, 1.807) is 12.1 Å². The third kappa shape index (κ3) is 3.50. The number of aliphatic carboxylic acids is 1. The van der Waals surface area contributed by atoms with Crippen molar-refractivity contribution >= 4 is 11.6 Å². The lowest BCUT2D eigenvalue weighted by Gasteiger charge is -2.43. The van der Waals surface area contributed by atoms with E-state index in [0.29, 0.717) is 25.1 Å². The first-order valence-electron chi connectivity index (χ1n) is 9.27. The van der Waals surface area contributed by atoms with E-state index >= 15 is 0 Å². The fourth-order valence-corrected chi connectivity index (χ4v) is 4.06. The minimum atomic E-state index is -1.38. The van der Waals surface area contributed by atoms with Crippen molar-refractivity contribution in [3.05, 3.63) is 71.9 Å². The van der Waals surface area contributed by atoms with Crippen LogP contribution in [0, 0.1) is 11.2 Å². The van der Waals surface area contributed by atoms with Gasteiger partial charge in [0.2, 0.25) is 0 Å². The van der Waals surface area contributed by atoms with Crippen LogP contribution >= 0.6 is 0 Å². The number of nitrogens with zero attached hydrogens (tertiary/aromatic N) is 3. The number of imidazole rings is 1. The van der Waals surface area contributed by atoms with Gasteiger partial charge in [0.15, 0.2) is 0 Å². The normalized spacial score (nSPS) is 23.1. The zero-order valence-corrected chi connectivity index (χ0v) is 15.3. The van der Waals surface area contributed by atoms with E-state index in [2.05, 4.69) is 4.98 Å². The summed E-state index contributed by atoms with van der Waals surface area (Å²) in [5, 5.41) is 20.6. The number of pyridine rings is 1. The number of halogens is 1. The number of aromatic nitrogens is 2. The Labute approximate surface area is 161 Å². The van der Waals surface area contributed by atoms with Crippen LogP contribution in [-0.2, 0) is 17.8 Å². The number of hydrogen-bond acceptors (Lipinski definition) is 4. The van der Waals surface area contributed by atoms with Crippen LogP contribution in [0.4, 0.5) is 4.39 Å². The molecule has 2 aromatic heterocycles. The molecule has 28 heavy (non-hydrogen) atoms. The van der Waals surface area contributed by atoms with Crippen LogP contribution in [0.5, 0.6) is 0 Å². The molecule has 0 spiro atoms. The predicted molar refractivity (Wildman–Crippen MR) is 101 cm³/mol. The Bertz CT molecular complexity index is 972. The molecular formula is C21H22FN3O3. The third-order valence-electron chi connectivity index (χ3n) is 5.50. The van der Waals surface area contributed by atoms with Gasteiger partial charge in [-0.3, -0.25) is 9.69 Å². The summed E-state index contributed by atoms with van der Waals surface area (Å²) in [4.78, 5) is 18.8. The molecule has 7 heteroatoms. The molecule has 1 fully saturated rings. The summed E-state index contributed by atoms with van der Waals surface area (Å²) < 4.78 is 15.5. The van der Waals surface area contributed by atoms with E-state index in [0.717, 1.165) is 11.3 Å². The summed E-state index contributed by atoms with van der Waals surface area (Å²) in [7, 11) is 0. The van der Waals surface area contributed by atoms with Gasteiger partial charge in [0, 0.05) is 32.0 Å². The standard InChI is InChI=1S/C21H22FN3O3/c22-16-5-3-4-15(10-16)11-21(20(27)28)14-24(9-7-18(21)26)12-17-13-25-8-2-1-6-19(25)23-17/h1-6,8,10,13,18,26H,7,9,11-12,14H2,(H,27,28)/t18-,21-/m1/s1. The molecule has 0 radical (unpaired) electrons. The molecule has 3 aromatic rings. The highest BCUT2D eigenvalue weighted by Crippen LogP contribution is 2.35. The van der Waals surface area contributed by atoms with E-state index < -0.39 is 23.3 Å². The molecule has 0 aliphatic carbocycles. The van der Waals surface area contributed by atoms with Crippen molar-refractivity contribution in [2.75, 3.05) is 13.1 Å². The number of benzene rings is 1. The zero-order chi connectivity index (χ0) is 19.7. The van der Waals surface area contributed by atoms with Gasteiger partial charge >= 0.3 is 5.97 Å². The van der Waals surface area contributed by atoms with Gasteiger partial charge < -0.3 is 14.6 Å². The fraction of sp³-hybridized carbons (Fsp3) is 0.333. The molecule has 3 heterocycles. The average Bonchev–Trinajstić information content (AvgIpc) is 3.06. The van der Waals surface area contributed by atoms with E-state index in [1.807, 2.05) is 39.9 Å². The van der Waals surface area contributed by atoms with Crippen LogP contribution < -0.4 is 0 Å². The largest absolute Gasteiger partial charge is 0.481 e. The lowest BCUT2D eigenvalue weighted by molar-refractivity contribution is -0.163. The molecular weight excluding hydrogens is 361 g/mol. The number of piperidine rings is 1. The Morgan fingerprint density at radius 2 is 2.14 bits per heavy atom. The van der Waals surface area contributed by atoms with Gasteiger partial charge in [-0.15, -0.1) is 0 Å². The van der Waals surface area contributed by atoms with E-state index in [1.165, 1.54) is 12.1 Å². The summed E-state index contributed by atoms with van der Waals surface area (Å²) in [5.74, 6) is -1.48. The Morgan fingerprint density at radius 3 is 2.89 bits per heavy atom. The van der Waals surface area contributed by atoms with Crippen LogP contribution in [0.2, 0.25) is 0 Å². The van der Waals surface area contributed by atoms with Crippen LogP contribution in [-0.4, -0.2) is 49.7 Å². The fourth-order valence-electron chi connectivity index (χ4n) is 4.06. The van der Waals surface area contributed by atoms with Crippen molar-refractivity contribution in [1.82, 2.24) is 14.3 Å². The molecule has 2 atom stereocenters. The highest BCUT2D eigenvalue weighted by molar-refractivity contribution is 5.76. The minimum absolute atomic E-state index is 0.0723. The Hall–Kier alpha value is -2.77. The molecule has 1 aromatic carbocycles. The summed E-state index contributed by atoms with van der Waals surface area (Å²) >= 11 is 0. The molecule has 1 saturated heterocycles. The molecule has 1 aliphatic heterocycles. The number of fused-ring (bicyclic) bond motifs is 1. The number of rotatable bonds is 5. The first-order valence-corrected chi connectivity index (χ1v) is 9.27. The first kappa shape index (κ1) is 18.6. The quantitative estimate of drug-likeness (QED) is 0.707. The lowest BCUT2D eigenvalue weighted by atomic mass is 9.73. The van der Waals surface area contributed by atoms with Gasteiger partial charge in [0.1, 0.15) is 16.9 Å². The summed E-state index contributed by atoms with van der Waals surface area (Å²) in [6, 6.07) is 11.7. The van der Waals surface area contributed by atoms with E-state index in [4.69, 9.17) is 0 Å². The lowest BCUT2D eigenvalue weighted by Crippen LogP contribution is -2.56. The molecule has 1 aliphatic rings. The van der Waals surface area contributed by atoms with Gasteiger partial charge in [-0.05, 0) is 42.7 Å². The topological polar surface area (TPSA) is 78.1 Å². The smallest absolute Gasteiger partial charge is 0.313 e. The molecule has 0 saturated carbocycles. The van der Waals surface area contributed by atoms with Crippen molar-refractivity contribution in [1.29, 1.82) is 0 Å². The van der Waals surface area contributed by atoms with Crippen molar-refractivity contribution in [3.63, 3.8) is 0 Å². The van der Waals surface area contributed by atoms with Crippen LogP contribution in [0.15, 0.2) is 54.9 Å². The number of hydrogen-bond donors (Lipinski definition) is 2. The highest BCUT2D eigenvalue weighted by atomic mass is 19.1. The second kappa shape index (κ2) is 7.33. The average molecular weight is 383 g/mol. The van der Waals surface area contributed by atoms with Crippen LogP contribution in [0.25, 0.3) is 5.65 Å². The van der Waals surface area contributed by atoms with Crippen molar-refractivity contribution in [2.24, 2.45) is 5.41 Å². The van der Waals surface area contributed by atoms with E-state index in [-0.39, 0.29) is 13.0 Å². The van der Waals surface area contributed by atoms with Gasteiger partial charge in [-0.1, -0.05) is 18.2 Å². The van der Waals surface area contributed by atoms with Gasteiger partial charge in [-0.2, -0.15) is 0 Å². The SMILES string of the molecule is O=C(O)[C@]1(Cc2cccc(F)c2)CN(Cc2cn3ccccc3n2)CC[C@H]1O. The maximum atomic E-state index is 13.6. The number of aliphatic hydroxyl groups is 1. The summed E-state index contributed by atoms with van der Waals surface area (Å²) in [6.07, 6.45) is 3.26. The van der Waals surface area contributed by atoms with Crippen molar-refractivity contribution in [2.45, 2.75) is 25.5 Å². The number of aliphatic hydroxyl groups excluding tert-OH is 1. The van der Waals surface area contributed by atoms with Gasteiger partial charge in [0.05, 0.1) is 11.8 Å². The number of likely N-dealkylation sites (tertiary alicyclic amines) is 1. The number of carboxylic acid groups (broad SMARTS) is 1. The van der Waals surface area contributed by atoms with Gasteiger partial charge in [-0.25, -0.2) is 9.37 Å². The highest BCUT2D eigenvalue weighted by Gasteiger charge is 2.49. The summed E-state index contributed by atoms with van der Waals surface area (Å²) in [5.41, 5.74) is 0.855. The molecule has 146 valence electrons. The zero-order valence-electron chi connectivity index (χ0n) is 15.3. The molecule has 6 nitrogen and oxygen atoms in total. The second-order valence-corrected chi connectivity index (χ2v) is 7.48. The minimum Gasteiger partial charge on any atom is -0.481 e. The first-order chi connectivity index (χ1) is 13.5. The maximum Gasteiger partial charge on any atom is 0.313 e. The molecule has 4 rings (SSSR count). The monoisotopic (exact) mass is 383 g/mol. The van der Waals surface area contributed by atoms with E-state index in [9.17, 15) is 19.4 Å². The number of carbonyl (C=O) groups is 1. The molecule has 0 unspecified atom stereocenters. The summed E-state index contributed by atoms with van der Waals surface area (Å²) in [6.45, 7) is 1.24. The van der Waals surface area contributed by atoms with Crippen molar-refractivity contribution in [3.8, 4) is 0 Å². The van der Waals surface area contributed by atoms with Gasteiger partial charge in [0.25, 0.3) is 0 Å². The Kier molecular flexibility index (Phi) is 4.87. The molecule has 2 N–H and O–H groups in total. The Morgan fingerprint density at radius 1 is 1.29 bits per heavy atom. The third-order valence-corrected chi connectivity index (χ3v) is 5.50. The van der Waals surface area contributed by atoms with Crippen LogP contribution in [0.3, 0.4) is 0 Å². The second-order valence-electron chi connectivity index (χ2n) is 7.48.